The maximum absolute atomic E-state index is 12.4. The van der Waals surface area contributed by atoms with Crippen LogP contribution < -0.4 is 5.32 Å². The SMILES string of the molecule is CCOC(=O)c1sc(N/C(SC)=C(\C#N)C(=O)OC)c(C(=O)OCC)c1C. The number of nitrogens with zero attached hydrogens (tertiary/aromatic N) is 1. The number of carbonyl (C=O) groups is 3. The summed E-state index contributed by atoms with van der Waals surface area (Å²) < 4.78 is 14.7. The number of ether oxygens (including phenoxy) is 3. The first-order chi connectivity index (χ1) is 12.9. The number of carbonyl (C=O) groups excluding carboxylic acids is 3. The van der Waals surface area contributed by atoms with Gasteiger partial charge in [-0.25, -0.2) is 14.4 Å². The van der Waals surface area contributed by atoms with Gasteiger partial charge in [0.1, 0.15) is 15.9 Å². The predicted octanol–water partition coefficient (Wildman–Crippen LogP) is 3.09. The van der Waals surface area contributed by atoms with Crippen LogP contribution in [0.2, 0.25) is 0 Å². The third-order valence-corrected chi connectivity index (χ3v) is 5.15. The quantitative estimate of drug-likeness (QED) is 0.298. The van der Waals surface area contributed by atoms with Crippen LogP contribution in [0.5, 0.6) is 0 Å². The number of rotatable bonds is 8. The van der Waals surface area contributed by atoms with Crippen molar-refractivity contribution in [1.82, 2.24) is 0 Å². The highest BCUT2D eigenvalue weighted by atomic mass is 32.2. The number of methoxy groups -OCH3 is 1. The zero-order valence-corrected chi connectivity index (χ0v) is 17.3. The molecule has 8 nitrogen and oxygen atoms in total. The molecule has 0 saturated carbocycles. The molecule has 10 heteroatoms. The number of nitrogens with one attached hydrogen (secondary N) is 1. The summed E-state index contributed by atoms with van der Waals surface area (Å²) in [5.74, 6) is -2.01. The zero-order valence-electron chi connectivity index (χ0n) is 15.6. The third kappa shape index (κ3) is 5.24. The lowest BCUT2D eigenvalue weighted by Crippen LogP contribution is -2.12. The van der Waals surface area contributed by atoms with Crippen molar-refractivity contribution in [3.8, 4) is 6.07 Å². The molecular formula is C17H20N2O6S2. The number of esters is 3. The lowest BCUT2D eigenvalue weighted by molar-refractivity contribution is -0.135. The van der Waals surface area contributed by atoms with Crippen LogP contribution in [0.4, 0.5) is 5.00 Å². The fraction of sp³-hybridized carbons (Fsp3) is 0.412. The number of hydrogen-bond donors (Lipinski definition) is 1. The van der Waals surface area contributed by atoms with E-state index >= 15 is 0 Å². The maximum atomic E-state index is 12.4. The molecule has 0 spiro atoms. The monoisotopic (exact) mass is 412 g/mol. The molecule has 0 saturated heterocycles. The number of nitriles is 1. The van der Waals surface area contributed by atoms with Gasteiger partial charge in [-0.1, -0.05) is 0 Å². The molecule has 146 valence electrons. The van der Waals surface area contributed by atoms with Gasteiger partial charge in [-0.2, -0.15) is 5.26 Å². The molecule has 0 bridgehead atoms. The molecule has 0 amide bonds. The average Bonchev–Trinajstić information content (AvgIpc) is 2.97. The highest BCUT2D eigenvalue weighted by Crippen LogP contribution is 2.36. The molecule has 27 heavy (non-hydrogen) atoms. The van der Waals surface area contributed by atoms with E-state index in [1.165, 1.54) is 0 Å². The van der Waals surface area contributed by atoms with E-state index in [-0.39, 0.29) is 39.3 Å². The number of anilines is 1. The Morgan fingerprint density at radius 3 is 2.26 bits per heavy atom. The van der Waals surface area contributed by atoms with Gasteiger partial charge in [0, 0.05) is 0 Å². The standard InChI is InChI=1S/C17H20N2O6S2/c1-6-24-16(21)11-9(3)12(17(22)25-7-2)27-14(11)19-13(26-5)10(8-18)15(20)23-4/h19H,6-7H2,1-5H3/b13-10-. The van der Waals surface area contributed by atoms with Crippen molar-refractivity contribution in [3.63, 3.8) is 0 Å². The summed E-state index contributed by atoms with van der Waals surface area (Å²) in [5, 5.41) is 12.6. The average molecular weight is 412 g/mol. The van der Waals surface area contributed by atoms with Crippen LogP contribution in [0.3, 0.4) is 0 Å². The van der Waals surface area contributed by atoms with Gasteiger partial charge < -0.3 is 19.5 Å². The van der Waals surface area contributed by atoms with Crippen LogP contribution in [0, 0.1) is 18.3 Å². The van der Waals surface area contributed by atoms with Crippen molar-refractivity contribution in [1.29, 1.82) is 5.26 Å². The van der Waals surface area contributed by atoms with Gasteiger partial charge in [-0.05, 0) is 32.6 Å². The summed E-state index contributed by atoms with van der Waals surface area (Å²) in [6.45, 7) is 5.28. The molecule has 1 rings (SSSR count). The molecule has 0 atom stereocenters. The number of thiophene rings is 1. The molecule has 1 N–H and O–H groups in total. The minimum atomic E-state index is -0.814. The van der Waals surface area contributed by atoms with Crippen LogP contribution in [0.25, 0.3) is 0 Å². The third-order valence-electron chi connectivity index (χ3n) is 3.25. The Kier molecular flexibility index (Phi) is 8.84. The predicted molar refractivity (Wildman–Crippen MR) is 103 cm³/mol. The van der Waals surface area contributed by atoms with E-state index in [1.54, 1.807) is 33.1 Å². The molecule has 1 aromatic heterocycles. The Balaban J connectivity index is 3.52. The van der Waals surface area contributed by atoms with Gasteiger partial charge in [0.2, 0.25) is 0 Å². The summed E-state index contributed by atoms with van der Waals surface area (Å²) in [6.07, 6.45) is 1.65. The number of thioether (sulfide) groups is 1. The molecule has 1 heterocycles. The minimum Gasteiger partial charge on any atom is -0.465 e. The molecule has 0 aliphatic carbocycles. The van der Waals surface area contributed by atoms with Crippen molar-refractivity contribution in [2.24, 2.45) is 0 Å². The van der Waals surface area contributed by atoms with Crippen molar-refractivity contribution in [2.75, 3.05) is 31.9 Å². The lowest BCUT2D eigenvalue weighted by atomic mass is 10.1. The van der Waals surface area contributed by atoms with Crippen LogP contribution in [-0.2, 0) is 19.0 Å². The second kappa shape index (κ2) is 10.6. The van der Waals surface area contributed by atoms with Crippen LogP contribution >= 0.6 is 23.1 Å². The Morgan fingerprint density at radius 2 is 1.78 bits per heavy atom. The molecule has 0 aliphatic heterocycles. The Bertz CT molecular complexity index is 807. The van der Waals surface area contributed by atoms with Crippen LogP contribution in [0.15, 0.2) is 10.6 Å². The molecule has 0 fully saturated rings. The second-order valence-corrected chi connectivity index (χ2v) is 6.68. The van der Waals surface area contributed by atoms with E-state index in [2.05, 4.69) is 10.1 Å². The lowest BCUT2D eigenvalue weighted by Gasteiger charge is -2.11. The normalized spacial score (nSPS) is 11.1. The summed E-state index contributed by atoms with van der Waals surface area (Å²) in [6, 6.07) is 1.78. The molecular weight excluding hydrogens is 392 g/mol. The largest absolute Gasteiger partial charge is 0.465 e. The summed E-state index contributed by atoms with van der Waals surface area (Å²) in [4.78, 5) is 36.6. The Hall–Kier alpha value is -2.51. The molecule has 0 aromatic carbocycles. The van der Waals surface area contributed by atoms with E-state index in [0.717, 1.165) is 30.2 Å². The first kappa shape index (κ1) is 22.5. The summed E-state index contributed by atoms with van der Waals surface area (Å²) >= 11 is 2.08. The van der Waals surface area contributed by atoms with E-state index in [0.29, 0.717) is 5.56 Å². The number of hydrogen-bond acceptors (Lipinski definition) is 10. The first-order valence-corrected chi connectivity index (χ1v) is 9.91. The van der Waals surface area contributed by atoms with E-state index < -0.39 is 17.9 Å². The maximum Gasteiger partial charge on any atom is 0.351 e. The topological polar surface area (TPSA) is 115 Å². The van der Waals surface area contributed by atoms with Crippen LogP contribution in [-0.4, -0.2) is 44.5 Å². The van der Waals surface area contributed by atoms with E-state index in [9.17, 15) is 19.6 Å². The van der Waals surface area contributed by atoms with Crippen molar-refractivity contribution in [2.45, 2.75) is 20.8 Å². The fourth-order valence-corrected chi connectivity index (χ4v) is 3.75. The van der Waals surface area contributed by atoms with Gasteiger partial charge in [-0.3, -0.25) is 0 Å². The highest BCUT2D eigenvalue weighted by molar-refractivity contribution is 8.02. The zero-order chi connectivity index (χ0) is 20.6. The van der Waals surface area contributed by atoms with Crippen molar-refractivity contribution in [3.05, 3.63) is 26.6 Å². The van der Waals surface area contributed by atoms with Gasteiger partial charge in [0.05, 0.1) is 30.9 Å². The van der Waals surface area contributed by atoms with Crippen molar-refractivity contribution >= 4 is 46.0 Å². The Morgan fingerprint density at radius 1 is 1.19 bits per heavy atom. The summed E-state index contributed by atoms with van der Waals surface area (Å²) in [7, 11) is 1.16. The van der Waals surface area contributed by atoms with Gasteiger partial charge in [-0.15, -0.1) is 23.1 Å². The van der Waals surface area contributed by atoms with Gasteiger partial charge >= 0.3 is 17.9 Å². The van der Waals surface area contributed by atoms with E-state index in [4.69, 9.17) is 9.47 Å². The molecule has 0 unspecified atom stereocenters. The van der Waals surface area contributed by atoms with Crippen LogP contribution in [0.1, 0.15) is 39.4 Å². The summed E-state index contributed by atoms with van der Waals surface area (Å²) in [5.41, 5.74) is 0.304. The Labute approximate surface area is 165 Å². The smallest absolute Gasteiger partial charge is 0.351 e. The molecule has 0 radical (unpaired) electrons. The van der Waals surface area contributed by atoms with Gasteiger partial charge in [0.15, 0.2) is 5.57 Å². The highest BCUT2D eigenvalue weighted by Gasteiger charge is 2.28. The second-order valence-electron chi connectivity index (χ2n) is 4.84. The van der Waals surface area contributed by atoms with Crippen molar-refractivity contribution < 1.29 is 28.6 Å². The fourth-order valence-electron chi connectivity index (χ4n) is 2.05. The molecule has 1 aromatic rings. The minimum absolute atomic E-state index is 0.151. The van der Waals surface area contributed by atoms with Gasteiger partial charge in [0.25, 0.3) is 0 Å². The first-order valence-electron chi connectivity index (χ1n) is 7.87. The molecule has 0 aliphatic rings. The van der Waals surface area contributed by atoms with E-state index in [1.807, 2.05) is 0 Å².